The summed E-state index contributed by atoms with van der Waals surface area (Å²) in [5.41, 5.74) is 2.43. The van der Waals surface area contributed by atoms with E-state index in [0.717, 1.165) is 68.1 Å². The third kappa shape index (κ3) is 14.2. The number of carbonyl (C=O) groups excluding carboxylic acids is 1. The highest BCUT2D eigenvalue weighted by atomic mass is 16.7. The number of unbranched alkanes of at least 4 members (excludes halogenated alkanes) is 11. The zero-order valence-corrected chi connectivity index (χ0v) is 43.6. The predicted molar refractivity (Wildman–Crippen MR) is 280 cm³/mol. The SMILES string of the molecule is C=CCOC12Oc3ccc(Oc4cccc([N+](=O)[O-])c4)cc3C3C(CCCCO)C(CCCCO)C=C(C(=NOC(C)(C)C)CC1N(Cc1ccc4c(c1)OCO4)C(=O)OCCCCCCCCCCCC)C32. The van der Waals surface area contributed by atoms with E-state index in [0.29, 0.717) is 47.3 Å². The van der Waals surface area contributed by atoms with Gasteiger partial charge in [0.25, 0.3) is 5.69 Å². The van der Waals surface area contributed by atoms with E-state index in [4.69, 9.17) is 38.4 Å². The van der Waals surface area contributed by atoms with E-state index in [1.54, 1.807) is 29.2 Å². The van der Waals surface area contributed by atoms with E-state index in [9.17, 15) is 20.3 Å². The molecule has 6 unspecified atom stereocenters. The second-order valence-electron chi connectivity index (χ2n) is 20.9. The summed E-state index contributed by atoms with van der Waals surface area (Å²) < 4.78 is 38.9. The molecule has 1 saturated carbocycles. The molecule has 2 aliphatic carbocycles. The number of aliphatic hydroxyl groups excluding tert-OH is 2. The Labute approximate surface area is 432 Å². The summed E-state index contributed by atoms with van der Waals surface area (Å²) >= 11 is 0. The Bertz CT molecular complexity index is 2360. The van der Waals surface area contributed by atoms with Crippen LogP contribution in [0.3, 0.4) is 0 Å². The number of allylic oxidation sites excluding steroid dienone is 1. The van der Waals surface area contributed by atoms with Crippen LogP contribution in [0, 0.1) is 27.9 Å². The second kappa shape index (κ2) is 26.5. The molecular formula is C58H79N3O12. The fourth-order valence-electron chi connectivity index (χ4n) is 11.1. The molecule has 6 atom stereocenters. The van der Waals surface area contributed by atoms with Crippen LogP contribution in [0.1, 0.15) is 154 Å². The Morgan fingerprint density at radius 3 is 2.29 bits per heavy atom. The molecule has 1 amide bonds. The summed E-state index contributed by atoms with van der Waals surface area (Å²) in [6.45, 7) is 12.8. The molecule has 0 aromatic heterocycles. The summed E-state index contributed by atoms with van der Waals surface area (Å²) in [4.78, 5) is 34.6. The third-order valence-electron chi connectivity index (χ3n) is 14.5. The van der Waals surface area contributed by atoms with Crippen molar-refractivity contribution in [2.75, 3.05) is 33.2 Å². The Morgan fingerprint density at radius 2 is 1.58 bits per heavy atom. The zero-order valence-electron chi connectivity index (χ0n) is 43.6. The van der Waals surface area contributed by atoms with Gasteiger partial charge >= 0.3 is 6.09 Å². The lowest BCUT2D eigenvalue weighted by atomic mass is 9.55. The molecule has 3 aromatic carbocycles. The molecule has 398 valence electrons. The van der Waals surface area contributed by atoms with Gasteiger partial charge in [0.15, 0.2) is 11.5 Å². The van der Waals surface area contributed by atoms with Crippen LogP contribution in [0.5, 0.6) is 28.7 Å². The van der Waals surface area contributed by atoms with Gasteiger partial charge in [0, 0.05) is 43.7 Å². The molecule has 3 aromatic rings. The van der Waals surface area contributed by atoms with Gasteiger partial charge in [-0.25, -0.2) is 4.79 Å². The molecule has 7 rings (SSSR count). The fraction of sp³-hybridized carbons (Fsp3) is 0.586. The van der Waals surface area contributed by atoms with Crippen LogP contribution < -0.4 is 18.9 Å². The Kier molecular flexibility index (Phi) is 20.0. The summed E-state index contributed by atoms with van der Waals surface area (Å²) in [6.07, 6.45) is 19.4. The van der Waals surface area contributed by atoms with E-state index in [-0.39, 0.29) is 69.6 Å². The molecule has 15 nitrogen and oxygen atoms in total. The summed E-state index contributed by atoms with van der Waals surface area (Å²) in [6, 6.07) is 16.5. The number of carbonyl (C=O) groups is 1. The van der Waals surface area contributed by atoms with Crippen molar-refractivity contribution in [3.8, 4) is 28.7 Å². The first-order valence-corrected chi connectivity index (χ1v) is 26.9. The Balaban J connectivity index is 1.35. The molecule has 2 aliphatic heterocycles. The first-order chi connectivity index (χ1) is 35.4. The largest absolute Gasteiger partial charge is 0.459 e. The normalized spacial score (nSPS) is 22.1. The van der Waals surface area contributed by atoms with Gasteiger partial charge in [-0.1, -0.05) is 107 Å². The second-order valence-corrected chi connectivity index (χ2v) is 20.9. The van der Waals surface area contributed by atoms with Crippen molar-refractivity contribution in [2.24, 2.45) is 22.9 Å². The van der Waals surface area contributed by atoms with Crippen molar-refractivity contribution >= 4 is 17.5 Å². The predicted octanol–water partition coefficient (Wildman–Crippen LogP) is 13.1. The Morgan fingerprint density at radius 1 is 0.877 bits per heavy atom. The number of amides is 1. The van der Waals surface area contributed by atoms with Gasteiger partial charge in [-0.3, -0.25) is 15.0 Å². The number of ether oxygens (including phenoxy) is 6. The van der Waals surface area contributed by atoms with Crippen LogP contribution in [0.25, 0.3) is 0 Å². The molecule has 2 heterocycles. The van der Waals surface area contributed by atoms with Gasteiger partial charge in [-0.05, 0) is 112 Å². The molecule has 0 saturated heterocycles. The van der Waals surface area contributed by atoms with Crippen molar-refractivity contribution in [1.82, 2.24) is 4.90 Å². The van der Waals surface area contributed by atoms with Gasteiger partial charge < -0.3 is 43.5 Å². The van der Waals surface area contributed by atoms with Crippen LogP contribution >= 0.6 is 0 Å². The molecule has 0 radical (unpaired) electrons. The van der Waals surface area contributed by atoms with Gasteiger partial charge in [0.1, 0.15) is 28.9 Å². The van der Waals surface area contributed by atoms with E-state index in [1.165, 1.54) is 50.7 Å². The maximum absolute atomic E-state index is 15.2. The molecule has 73 heavy (non-hydrogen) atoms. The number of rotatable bonds is 29. The number of nitro groups is 1. The summed E-state index contributed by atoms with van der Waals surface area (Å²) in [5.74, 6) is -0.000193. The summed E-state index contributed by atoms with van der Waals surface area (Å²) in [7, 11) is 0. The Hall–Kier alpha value is -5.64. The number of hydrogen-bond donors (Lipinski definition) is 2. The fourth-order valence-corrected chi connectivity index (χ4v) is 11.1. The lowest BCUT2D eigenvalue weighted by molar-refractivity contribution is -0.384. The van der Waals surface area contributed by atoms with Crippen LogP contribution in [-0.4, -0.2) is 82.5 Å². The number of nitro benzene ring substituents is 1. The molecular weight excluding hydrogens is 931 g/mol. The van der Waals surface area contributed by atoms with Crippen LogP contribution in [0.2, 0.25) is 0 Å². The van der Waals surface area contributed by atoms with Crippen molar-refractivity contribution in [1.29, 1.82) is 0 Å². The standard InChI is InChI=1S/C58H79N3O12/c1-6-8-9-10-11-12-13-14-15-20-33-67-56(64)60(39-41-26-28-51-52(34-41)69-40-68-51)53-38-49(59-73-57(3,4)5)47-35-42(22-16-18-30-62)46(25-17-19-31-63)54-48-37-45(71-44-24-21-23-43(36-44)61(65)66)27-29-50(48)72-58(53,55(47)54)70-32-7-2/h7,21,23-24,26-29,34-37,42,46,53-55,62-63H,2,6,8-20,22,25,30-33,38-40H2,1,3-5H3. The number of hydrogen-bond acceptors (Lipinski definition) is 13. The number of nitrogens with zero attached hydrogens (tertiary/aromatic N) is 3. The van der Waals surface area contributed by atoms with Gasteiger partial charge in [-0.2, -0.15) is 0 Å². The zero-order chi connectivity index (χ0) is 51.8. The van der Waals surface area contributed by atoms with Crippen molar-refractivity contribution in [3.05, 3.63) is 106 Å². The maximum atomic E-state index is 15.2. The van der Waals surface area contributed by atoms with E-state index < -0.39 is 34.4 Å². The van der Waals surface area contributed by atoms with Crippen molar-refractivity contribution in [3.63, 3.8) is 0 Å². The first kappa shape index (κ1) is 55.1. The maximum Gasteiger partial charge on any atom is 0.410 e. The van der Waals surface area contributed by atoms with Gasteiger partial charge in [0.05, 0.1) is 35.8 Å². The van der Waals surface area contributed by atoms with E-state index in [1.807, 2.05) is 51.1 Å². The van der Waals surface area contributed by atoms with Crippen molar-refractivity contribution < 1.29 is 53.2 Å². The average Bonchev–Trinajstić information content (AvgIpc) is 3.85. The van der Waals surface area contributed by atoms with Crippen LogP contribution in [-0.2, 0) is 20.9 Å². The number of non-ortho nitro benzene ring substituents is 1. The number of oxime groups is 1. The highest BCUT2D eigenvalue weighted by Crippen LogP contribution is 2.62. The van der Waals surface area contributed by atoms with E-state index >= 15 is 4.79 Å². The van der Waals surface area contributed by atoms with Crippen molar-refractivity contribution in [2.45, 2.75) is 167 Å². The lowest BCUT2D eigenvalue weighted by Crippen LogP contribution is -2.70. The minimum absolute atomic E-state index is 0.00181. The average molecular weight is 1010 g/mol. The molecule has 1 fully saturated rings. The summed E-state index contributed by atoms with van der Waals surface area (Å²) in [5, 5.41) is 36.9. The van der Waals surface area contributed by atoms with E-state index in [2.05, 4.69) is 19.6 Å². The molecule has 2 N–H and O–H groups in total. The quantitative estimate of drug-likeness (QED) is 0.0291. The number of fused-ring (bicyclic) bond motifs is 3. The molecule has 15 heteroatoms. The minimum Gasteiger partial charge on any atom is -0.459 e. The molecule has 4 aliphatic rings. The van der Waals surface area contributed by atoms with Gasteiger partial charge in [0.2, 0.25) is 12.6 Å². The molecule has 0 bridgehead atoms. The number of aliphatic hydroxyl groups is 2. The molecule has 0 spiro atoms. The number of benzene rings is 3. The van der Waals surface area contributed by atoms with Crippen LogP contribution in [0.15, 0.2) is 90.1 Å². The van der Waals surface area contributed by atoms with Gasteiger partial charge in [-0.15, -0.1) is 6.58 Å². The first-order valence-electron chi connectivity index (χ1n) is 26.9. The highest BCUT2D eigenvalue weighted by molar-refractivity contribution is 6.03. The minimum atomic E-state index is -1.54. The lowest BCUT2D eigenvalue weighted by Gasteiger charge is -2.60. The highest BCUT2D eigenvalue weighted by Gasteiger charge is 2.66. The topological polar surface area (TPSA) is 181 Å². The third-order valence-corrected chi connectivity index (χ3v) is 14.5. The van der Waals surface area contributed by atoms with Crippen LogP contribution in [0.4, 0.5) is 10.5 Å². The smallest absolute Gasteiger partial charge is 0.410 e. The monoisotopic (exact) mass is 1010 g/mol.